The van der Waals surface area contributed by atoms with Crippen LogP contribution in [0.15, 0.2) is 54.6 Å². The predicted molar refractivity (Wildman–Crippen MR) is 108 cm³/mol. The molecular formula is C23H28N2O2. The van der Waals surface area contributed by atoms with Gasteiger partial charge in [0.05, 0.1) is 0 Å². The van der Waals surface area contributed by atoms with Crippen molar-refractivity contribution >= 4 is 11.7 Å². The molecule has 0 radical (unpaired) electrons. The van der Waals surface area contributed by atoms with Gasteiger partial charge in [-0.15, -0.1) is 0 Å². The Labute approximate surface area is 161 Å². The number of carbonyl (C=O) groups is 2. The first-order valence-electron chi connectivity index (χ1n) is 9.72. The van der Waals surface area contributed by atoms with Crippen LogP contribution in [0, 0.1) is 0 Å². The maximum absolute atomic E-state index is 12.5. The smallest absolute Gasteiger partial charge is 0.217 e. The van der Waals surface area contributed by atoms with Gasteiger partial charge in [0.1, 0.15) is 0 Å². The molecule has 2 aromatic rings. The van der Waals surface area contributed by atoms with Crippen molar-refractivity contribution in [2.45, 2.75) is 38.6 Å². The predicted octanol–water partition coefficient (Wildman–Crippen LogP) is 3.62. The number of benzene rings is 2. The Morgan fingerprint density at radius 2 is 1.59 bits per heavy atom. The average Bonchev–Trinajstić information content (AvgIpc) is 2.69. The van der Waals surface area contributed by atoms with E-state index in [0.717, 1.165) is 43.6 Å². The van der Waals surface area contributed by atoms with Crippen molar-refractivity contribution in [1.29, 1.82) is 0 Å². The number of nitrogens with one attached hydrogen (secondary N) is 1. The third kappa shape index (κ3) is 5.27. The lowest BCUT2D eigenvalue weighted by atomic mass is 9.95. The number of hydrogen-bond acceptors (Lipinski definition) is 3. The van der Waals surface area contributed by atoms with Gasteiger partial charge >= 0.3 is 0 Å². The summed E-state index contributed by atoms with van der Waals surface area (Å²) >= 11 is 0. The van der Waals surface area contributed by atoms with Crippen molar-refractivity contribution in [3.63, 3.8) is 0 Å². The van der Waals surface area contributed by atoms with Crippen LogP contribution < -0.4 is 5.32 Å². The first kappa shape index (κ1) is 19.3. The zero-order chi connectivity index (χ0) is 19.2. The molecule has 1 unspecified atom stereocenters. The molecule has 1 heterocycles. The minimum Gasteiger partial charge on any atom is -0.354 e. The molecular weight excluding hydrogens is 336 g/mol. The van der Waals surface area contributed by atoms with E-state index in [9.17, 15) is 9.59 Å². The Morgan fingerprint density at radius 1 is 1.00 bits per heavy atom. The maximum atomic E-state index is 12.5. The number of carbonyl (C=O) groups excluding carboxylic acids is 2. The van der Waals surface area contributed by atoms with Crippen molar-refractivity contribution in [1.82, 2.24) is 10.2 Å². The van der Waals surface area contributed by atoms with E-state index in [0.29, 0.717) is 12.0 Å². The fourth-order valence-electron chi connectivity index (χ4n) is 3.76. The lowest BCUT2D eigenvalue weighted by molar-refractivity contribution is -0.119. The SMILES string of the molecule is CC(=O)NC1CCN(CC(C)c2ccc(C(=O)c3ccccc3)cc2)CC1. The van der Waals surface area contributed by atoms with E-state index < -0.39 is 0 Å². The summed E-state index contributed by atoms with van der Waals surface area (Å²) in [4.78, 5) is 26.2. The van der Waals surface area contributed by atoms with Crippen LogP contribution in [0.3, 0.4) is 0 Å². The molecule has 1 atom stereocenters. The summed E-state index contributed by atoms with van der Waals surface area (Å²) in [5, 5.41) is 3.02. The third-order valence-electron chi connectivity index (χ3n) is 5.30. The Morgan fingerprint density at radius 3 is 2.19 bits per heavy atom. The molecule has 27 heavy (non-hydrogen) atoms. The van der Waals surface area contributed by atoms with Crippen LogP contribution in [0.5, 0.6) is 0 Å². The number of likely N-dealkylation sites (tertiary alicyclic amines) is 1. The van der Waals surface area contributed by atoms with Crippen LogP contribution >= 0.6 is 0 Å². The molecule has 0 aliphatic carbocycles. The fraction of sp³-hybridized carbons (Fsp3) is 0.391. The van der Waals surface area contributed by atoms with E-state index in [1.807, 2.05) is 42.5 Å². The Hall–Kier alpha value is -2.46. The summed E-state index contributed by atoms with van der Waals surface area (Å²) in [7, 11) is 0. The summed E-state index contributed by atoms with van der Waals surface area (Å²) < 4.78 is 0. The van der Waals surface area contributed by atoms with Crippen LogP contribution in [0.25, 0.3) is 0 Å². The van der Waals surface area contributed by atoms with E-state index in [1.165, 1.54) is 5.56 Å². The molecule has 1 amide bonds. The summed E-state index contributed by atoms with van der Waals surface area (Å²) in [5.41, 5.74) is 2.71. The van der Waals surface area contributed by atoms with Gasteiger partial charge in [-0.3, -0.25) is 9.59 Å². The number of nitrogens with zero attached hydrogens (tertiary/aromatic N) is 1. The highest BCUT2D eigenvalue weighted by Crippen LogP contribution is 2.21. The van der Waals surface area contributed by atoms with Gasteiger partial charge in [0.2, 0.25) is 5.91 Å². The highest BCUT2D eigenvalue weighted by molar-refractivity contribution is 6.08. The Bertz CT molecular complexity index is 763. The zero-order valence-corrected chi connectivity index (χ0v) is 16.2. The Balaban J connectivity index is 1.54. The molecule has 0 bridgehead atoms. The van der Waals surface area contributed by atoms with E-state index in [4.69, 9.17) is 0 Å². The van der Waals surface area contributed by atoms with E-state index >= 15 is 0 Å². The molecule has 3 rings (SSSR count). The molecule has 0 saturated carbocycles. The number of amides is 1. The van der Waals surface area contributed by atoms with Crippen molar-refractivity contribution in [2.24, 2.45) is 0 Å². The van der Waals surface area contributed by atoms with E-state index in [-0.39, 0.29) is 11.7 Å². The van der Waals surface area contributed by atoms with Crippen molar-refractivity contribution in [3.05, 3.63) is 71.3 Å². The molecule has 0 aromatic heterocycles. The standard InChI is InChI=1S/C23H28N2O2/c1-17(16-25-14-12-22(13-15-25)24-18(2)26)19-8-10-21(11-9-19)23(27)20-6-4-3-5-7-20/h3-11,17,22H,12-16H2,1-2H3,(H,24,26). The zero-order valence-electron chi connectivity index (χ0n) is 16.2. The normalized spacial score (nSPS) is 16.7. The van der Waals surface area contributed by atoms with Gasteiger partial charge in [0.15, 0.2) is 5.78 Å². The summed E-state index contributed by atoms with van der Waals surface area (Å²) in [5.74, 6) is 0.532. The van der Waals surface area contributed by atoms with E-state index in [2.05, 4.69) is 29.3 Å². The van der Waals surface area contributed by atoms with Crippen LogP contribution in [0.1, 0.15) is 54.1 Å². The summed E-state index contributed by atoms with van der Waals surface area (Å²) in [6.45, 7) is 6.84. The van der Waals surface area contributed by atoms with Crippen LogP contribution in [0.2, 0.25) is 0 Å². The second-order valence-electron chi connectivity index (χ2n) is 7.49. The van der Waals surface area contributed by atoms with Crippen LogP contribution in [0.4, 0.5) is 0 Å². The Kier molecular flexibility index (Phi) is 6.40. The third-order valence-corrected chi connectivity index (χ3v) is 5.30. The average molecular weight is 364 g/mol. The first-order valence-corrected chi connectivity index (χ1v) is 9.72. The van der Waals surface area contributed by atoms with Crippen LogP contribution in [-0.4, -0.2) is 42.3 Å². The van der Waals surface area contributed by atoms with Crippen molar-refractivity contribution < 1.29 is 9.59 Å². The molecule has 2 aromatic carbocycles. The highest BCUT2D eigenvalue weighted by atomic mass is 16.1. The molecule has 1 aliphatic rings. The second-order valence-corrected chi connectivity index (χ2v) is 7.49. The topological polar surface area (TPSA) is 49.4 Å². The van der Waals surface area contributed by atoms with Gasteiger partial charge in [0.25, 0.3) is 0 Å². The highest BCUT2D eigenvalue weighted by Gasteiger charge is 2.21. The maximum Gasteiger partial charge on any atom is 0.217 e. The number of rotatable bonds is 6. The van der Waals surface area contributed by atoms with Gasteiger partial charge in [-0.1, -0.05) is 61.5 Å². The molecule has 0 spiro atoms. The minimum absolute atomic E-state index is 0.0620. The lowest BCUT2D eigenvalue weighted by Gasteiger charge is -2.33. The number of ketones is 1. The molecule has 4 heteroatoms. The number of piperidine rings is 1. The van der Waals surface area contributed by atoms with Gasteiger partial charge < -0.3 is 10.2 Å². The van der Waals surface area contributed by atoms with E-state index in [1.54, 1.807) is 6.92 Å². The first-order chi connectivity index (χ1) is 13.0. The molecule has 1 saturated heterocycles. The van der Waals surface area contributed by atoms with Gasteiger partial charge in [-0.25, -0.2) is 0 Å². The molecule has 142 valence electrons. The van der Waals surface area contributed by atoms with Crippen molar-refractivity contribution in [3.8, 4) is 0 Å². The van der Waals surface area contributed by atoms with Gasteiger partial charge in [0, 0.05) is 43.7 Å². The second kappa shape index (κ2) is 8.96. The summed E-state index contributed by atoms with van der Waals surface area (Å²) in [6, 6.07) is 17.7. The quantitative estimate of drug-likeness (QED) is 0.797. The lowest BCUT2D eigenvalue weighted by Crippen LogP contribution is -2.44. The van der Waals surface area contributed by atoms with Crippen LogP contribution in [-0.2, 0) is 4.79 Å². The molecule has 1 aliphatic heterocycles. The van der Waals surface area contributed by atoms with Gasteiger partial charge in [-0.2, -0.15) is 0 Å². The largest absolute Gasteiger partial charge is 0.354 e. The number of hydrogen-bond donors (Lipinski definition) is 1. The molecule has 4 nitrogen and oxygen atoms in total. The van der Waals surface area contributed by atoms with Gasteiger partial charge in [-0.05, 0) is 24.3 Å². The molecule has 1 N–H and O–H groups in total. The van der Waals surface area contributed by atoms with Crippen molar-refractivity contribution in [2.75, 3.05) is 19.6 Å². The summed E-state index contributed by atoms with van der Waals surface area (Å²) in [6.07, 6.45) is 2.02. The molecule has 1 fully saturated rings. The fourth-order valence-corrected chi connectivity index (χ4v) is 3.76. The monoisotopic (exact) mass is 364 g/mol. The minimum atomic E-state index is 0.0620.